The topological polar surface area (TPSA) is 113 Å². The van der Waals surface area contributed by atoms with E-state index in [1.54, 1.807) is 30.6 Å². The second-order valence-corrected chi connectivity index (χ2v) is 10.2. The van der Waals surface area contributed by atoms with E-state index in [1.807, 2.05) is 20.2 Å². The van der Waals surface area contributed by atoms with E-state index in [2.05, 4.69) is 41.8 Å². The summed E-state index contributed by atoms with van der Waals surface area (Å²) in [6, 6.07) is 6.19. The molecule has 186 valence electrons. The summed E-state index contributed by atoms with van der Waals surface area (Å²) in [6.45, 7) is 2.19. The molecular weight excluding hydrogens is 486 g/mol. The Bertz CT molecular complexity index is 1220. The third kappa shape index (κ3) is 7.98. The molecule has 11 heteroatoms. The fourth-order valence-electron chi connectivity index (χ4n) is 3.21. The van der Waals surface area contributed by atoms with Gasteiger partial charge in [-0.15, -0.1) is 0 Å². The van der Waals surface area contributed by atoms with Crippen molar-refractivity contribution in [2.24, 2.45) is 0 Å². The lowest BCUT2D eigenvalue weighted by Gasteiger charge is -2.25. The van der Waals surface area contributed by atoms with E-state index in [-0.39, 0.29) is 21.9 Å². The van der Waals surface area contributed by atoms with Gasteiger partial charge in [0, 0.05) is 18.0 Å². The van der Waals surface area contributed by atoms with Crippen LogP contribution in [0.25, 0.3) is 12.2 Å². The Morgan fingerprint density at radius 2 is 1.74 bits per heavy atom. The van der Waals surface area contributed by atoms with E-state index in [0.717, 1.165) is 18.4 Å². The van der Waals surface area contributed by atoms with Gasteiger partial charge in [-0.3, -0.25) is 14.6 Å². The summed E-state index contributed by atoms with van der Waals surface area (Å²) in [7, 11) is 0.208. The number of aromatic nitrogens is 4. The zero-order chi connectivity index (χ0) is 25.3. The minimum absolute atomic E-state index is 0.0248. The van der Waals surface area contributed by atoms with Crippen molar-refractivity contribution < 1.29 is 8.42 Å². The van der Waals surface area contributed by atoms with E-state index >= 15 is 0 Å². The molecule has 2 heterocycles. The van der Waals surface area contributed by atoms with Gasteiger partial charge in [0.1, 0.15) is 4.90 Å². The smallest absolute Gasteiger partial charge is 0.264 e. The lowest BCUT2D eigenvalue weighted by molar-refractivity contribution is 0.299. The van der Waals surface area contributed by atoms with Crippen LogP contribution in [-0.2, 0) is 10.0 Å². The van der Waals surface area contributed by atoms with Gasteiger partial charge in [-0.1, -0.05) is 49.9 Å². The molecule has 2 N–H and O–H groups in total. The highest BCUT2D eigenvalue weighted by Crippen LogP contribution is 2.22. The molecule has 1 aromatic carbocycles. The Morgan fingerprint density at radius 1 is 1.00 bits per heavy atom. The summed E-state index contributed by atoms with van der Waals surface area (Å²) in [4.78, 5) is 19.3. The zero-order valence-corrected chi connectivity index (χ0v) is 21.6. The van der Waals surface area contributed by atoms with Gasteiger partial charge in [-0.05, 0) is 44.8 Å². The molecule has 0 aliphatic heterocycles. The van der Waals surface area contributed by atoms with Crippen LogP contribution in [0, 0.1) is 0 Å². The van der Waals surface area contributed by atoms with Crippen molar-refractivity contribution in [2.75, 3.05) is 24.1 Å². The highest BCUT2D eigenvalue weighted by molar-refractivity contribution is 7.92. The van der Waals surface area contributed by atoms with Crippen LogP contribution < -0.4 is 10.0 Å². The number of nitrogens with one attached hydrogen (secondary N) is 2. The molecule has 0 spiro atoms. The predicted molar refractivity (Wildman–Crippen MR) is 140 cm³/mol. The molecule has 2 aromatic heterocycles. The highest BCUT2D eigenvalue weighted by atomic mass is 35.5. The molecule has 0 bridgehead atoms. The second-order valence-electron chi connectivity index (χ2n) is 8.16. The van der Waals surface area contributed by atoms with Crippen molar-refractivity contribution in [1.82, 2.24) is 24.8 Å². The maximum atomic E-state index is 12.5. The number of hydrogen-bond acceptors (Lipinski definition) is 8. The number of hydrogen-bond donors (Lipinski definition) is 2. The van der Waals surface area contributed by atoms with Crippen molar-refractivity contribution in [3.8, 4) is 0 Å². The van der Waals surface area contributed by atoms with Crippen LogP contribution in [0.15, 0.2) is 53.9 Å². The molecule has 1 atom stereocenters. The molecule has 0 saturated carbocycles. The molecule has 0 amide bonds. The van der Waals surface area contributed by atoms with Crippen molar-refractivity contribution in [1.29, 1.82) is 0 Å². The molecular formula is C24H30ClN7O2S. The van der Waals surface area contributed by atoms with Crippen molar-refractivity contribution in [3.63, 3.8) is 0 Å². The van der Waals surface area contributed by atoms with Gasteiger partial charge in [0.15, 0.2) is 5.82 Å². The summed E-state index contributed by atoms with van der Waals surface area (Å²) >= 11 is 5.99. The van der Waals surface area contributed by atoms with E-state index in [0.29, 0.717) is 11.6 Å². The fraction of sp³-hybridized carbons (Fsp3) is 0.333. The quantitative estimate of drug-likeness (QED) is 0.262. The molecule has 35 heavy (non-hydrogen) atoms. The van der Waals surface area contributed by atoms with Crippen LogP contribution in [0.4, 0.5) is 11.8 Å². The monoisotopic (exact) mass is 515 g/mol. The average molecular weight is 516 g/mol. The first-order valence-corrected chi connectivity index (χ1v) is 13.2. The third-order valence-electron chi connectivity index (χ3n) is 5.16. The van der Waals surface area contributed by atoms with Gasteiger partial charge in [0.2, 0.25) is 5.95 Å². The Morgan fingerprint density at radius 3 is 2.37 bits per heavy atom. The molecule has 3 rings (SSSR count). The first kappa shape index (κ1) is 26.5. The molecule has 0 radical (unpaired) electrons. The van der Waals surface area contributed by atoms with Gasteiger partial charge in [0.05, 0.1) is 29.3 Å². The van der Waals surface area contributed by atoms with E-state index < -0.39 is 10.0 Å². The predicted octanol–water partition coefficient (Wildman–Crippen LogP) is 4.77. The largest absolute Gasteiger partial charge is 0.339 e. The summed E-state index contributed by atoms with van der Waals surface area (Å²) < 4.78 is 27.4. The Balaban J connectivity index is 1.59. The van der Waals surface area contributed by atoms with Gasteiger partial charge >= 0.3 is 0 Å². The lowest BCUT2D eigenvalue weighted by Crippen LogP contribution is -2.35. The van der Waals surface area contributed by atoms with Crippen LogP contribution in [0.5, 0.6) is 0 Å². The normalized spacial score (nSPS) is 12.7. The minimum atomic E-state index is -3.87. The van der Waals surface area contributed by atoms with Crippen LogP contribution in [0.1, 0.15) is 43.9 Å². The fourth-order valence-corrected chi connectivity index (χ4v) is 4.72. The molecule has 9 nitrogen and oxygen atoms in total. The van der Waals surface area contributed by atoms with Crippen LogP contribution in [-0.4, -0.2) is 53.5 Å². The molecule has 0 fully saturated rings. The first-order chi connectivity index (χ1) is 16.8. The van der Waals surface area contributed by atoms with Crippen LogP contribution in [0.3, 0.4) is 0 Å². The molecule has 0 aliphatic carbocycles. The standard InChI is InChI=1S/C24H30ClN7O2S/c1-4-5-6-11-23(32(2)3)30-24-28-14-18(15-29-24)12-13-19-16-27-22(17-26-19)31-35(33,34)21-10-8-7-9-20(21)25/h7-10,12-17,23H,4-6,11H2,1-3H3,(H,27,31)(H,28,29,30)/b13-12+. The zero-order valence-electron chi connectivity index (χ0n) is 20.0. The SMILES string of the molecule is CCCCCC(Nc1ncc(/C=C/c2cnc(NS(=O)(=O)c3ccccc3Cl)cn2)cn1)N(C)C. The maximum absolute atomic E-state index is 12.5. The van der Waals surface area contributed by atoms with Gasteiger partial charge in [-0.25, -0.2) is 23.4 Å². The van der Waals surface area contributed by atoms with Crippen molar-refractivity contribution in [2.45, 2.75) is 43.7 Å². The van der Waals surface area contributed by atoms with E-state index in [4.69, 9.17) is 11.6 Å². The maximum Gasteiger partial charge on any atom is 0.264 e. The molecule has 1 unspecified atom stereocenters. The number of benzene rings is 1. The Kier molecular flexibility index (Phi) is 9.53. The third-order valence-corrected chi connectivity index (χ3v) is 7.01. The van der Waals surface area contributed by atoms with E-state index in [9.17, 15) is 8.42 Å². The summed E-state index contributed by atoms with van der Waals surface area (Å²) in [5.41, 5.74) is 1.35. The highest BCUT2D eigenvalue weighted by Gasteiger charge is 2.18. The summed E-state index contributed by atoms with van der Waals surface area (Å²) in [5.74, 6) is 0.669. The van der Waals surface area contributed by atoms with Gasteiger partial charge < -0.3 is 5.32 Å². The van der Waals surface area contributed by atoms with E-state index in [1.165, 1.54) is 37.4 Å². The average Bonchev–Trinajstić information content (AvgIpc) is 2.84. The summed E-state index contributed by atoms with van der Waals surface area (Å²) in [5, 5.41) is 3.50. The van der Waals surface area contributed by atoms with Crippen molar-refractivity contribution in [3.05, 3.63) is 65.3 Å². The number of unbranched alkanes of at least 4 members (excludes halogenated alkanes) is 2. The minimum Gasteiger partial charge on any atom is -0.339 e. The lowest BCUT2D eigenvalue weighted by atomic mass is 10.1. The molecule has 3 aromatic rings. The second kappa shape index (κ2) is 12.6. The molecule has 0 aliphatic rings. The van der Waals surface area contributed by atoms with Crippen molar-refractivity contribution >= 4 is 45.5 Å². The van der Waals surface area contributed by atoms with Gasteiger partial charge in [-0.2, -0.15) is 0 Å². The Labute approximate surface area is 211 Å². The van der Waals surface area contributed by atoms with Crippen LogP contribution in [0.2, 0.25) is 5.02 Å². The molecule has 0 saturated heterocycles. The number of anilines is 2. The first-order valence-electron chi connectivity index (χ1n) is 11.3. The number of nitrogens with zero attached hydrogens (tertiary/aromatic N) is 5. The number of halogens is 1. The number of rotatable bonds is 12. The number of sulfonamides is 1. The van der Waals surface area contributed by atoms with Crippen LogP contribution >= 0.6 is 11.6 Å². The van der Waals surface area contributed by atoms with Gasteiger partial charge in [0.25, 0.3) is 10.0 Å². The Hall–Kier alpha value is -3.08. The summed E-state index contributed by atoms with van der Waals surface area (Å²) in [6.07, 6.45) is 14.6.